The highest BCUT2D eigenvalue weighted by atomic mass is 127. The molecule has 5 heteroatoms. The van der Waals surface area contributed by atoms with Gasteiger partial charge >= 0.3 is 0 Å². The zero-order valence-electron chi connectivity index (χ0n) is 9.26. The van der Waals surface area contributed by atoms with Gasteiger partial charge in [-0.15, -0.1) is 0 Å². The van der Waals surface area contributed by atoms with Crippen LogP contribution in [0.5, 0.6) is 0 Å². The highest BCUT2D eigenvalue weighted by Crippen LogP contribution is 2.17. The average Bonchev–Trinajstić information content (AvgIpc) is 2.25. The van der Waals surface area contributed by atoms with Crippen molar-refractivity contribution in [2.45, 2.75) is 0 Å². The summed E-state index contributed by atoms with van der Waals surface area (Å²) >= 11 is 1.97. The van der Waals surface area contributed by atoms with E-state index in [9.17, 15) is 9.18 Å². The summed E-state index contributed by atoms with van der Waals surface area (Å²) in [5, 5.41) is 2.94. The molecule has 1 rings (SSSR count). The maximum Gasteiger partial charge on any atom is 0.257 e. The number of nitrogens with one attached hydrogen (secondary N) is 1. The number of hydrogen-bond acceptors (Lipinski definition) is 2. The van der Waals surface area contributed by atoms with E-state index in [1.807, 2.05) is 29.6 Å². The minimum atomic E-state index is -0.465. The Labute approximate surface area is 108 Å². The first-order valence-corrected chi connectivity index (χ1v) is 6.00. The molecule has 0 aliphatic rings. The second-order valence-electron chi connectivity index (χ2n) is 3.43. The van der Waals surface area contributed by atoms with Crippen LogP contribution in [0.3, 0.4) is 0 Å². The molecular weight excluding hydrogens is 322 g/mol. The maximum atomic E-state index is 13.5. The normalized spacial score (nSPS) is 10.2. The van der Waals surface area contributed by atoms with Crippen molar-refractivity contribution in [1.82, 2.24) is 10.2 Å². The molecule has 1 amide bonds. The summed E-state index contributed by atoms with van der Waals surface area (Å²) in [6.07, 6.45) is 0. The van der Waals surface area contributed by atoms with Crippen LogP contribution in [0.15, 0.2) is 18.2 Å². The Morgan fingerprint density at radius 2 is 2.25 bits per heavy atom. The maximum absolute atomic E-state index is 13.5. The lowest BCUT2D eigenvalue weighted by atomic mass is 10.2. The fraction of sp³-hybridized carbons (Fsp3) is 0.364. The summed E-state index contributed by atoms with van der Waals surface area (Å²) in [7, 11) is 3.48. The lowest BCUT2D eigenvalue weighted by molar-refractivity contribution is 0.0791. The van der Waals surface area contributed by atoms with Crippen LogP contribution in [0, 0.1) is 9.39 Å². The Morgan fingerprint density at radius 1 is 1.56 bits per heavy atom. The first kappa shape index (κ1) is 13.4. The van der Waals surface area contributed by atoms with Gasteiger partial charge in [0.1, 0.15) is 5.82 Å². The van der Waals surface area contributed by atoms with Crippen molar-refractivity contribution in [3.05, 3.63) is 33.1 Å². The fourth-order valence-electron chi connectivity index (χ4n) is 1.27. The van der Waals surface area contributed by atoms with Crippen molar-refractivity contribution < 1.29 is 9.18 Å². The van der Waals surface area contributed by atoms with Crippen LogP contribution in [-0.2, 0) is 0 Å². The topological polar surface area (TPSA) is 32.3 Å². The van der Waals surface area contributed by atoms with Gasteiger partial charge in [-0.05, 0) is 41.8 Å². The van der Waals surface area contributed by atoms with Gasteiger partial charge in [0, 0.05) is 23.7 Å². The fourth-order valence-corrected chi connectivity index (χ4v) is 1.97. The molecule has 0 aromatic heterocycles. The summed E-state index contributed by atoms with van der Waals surface area (Å²) in [5.41, 5.74) is 0.154. The van der Waals surface area contributed by atoms with Crippen LogP contribution in [0.2, 0.25) is 0 Å². The Bertz CT molecular complexity index is 364. The lowest BCUT2D eigenvalue weighted by Gasteiger charge is -2.18. The SMILES string of the molecule is CNCCN(C)C(=O)c1c(F)cccc1I. The molecule has 3 nitrogen and oxygen atoms in total. The van der Waals surface area contributed by atoms with Crippen molar-refractivity contribution >= 4 is 28.5 Å². The van der Waals surface area contributed by atoms with E-state index in [4.69, 9.17) is 0 Å². The molecule has 0 radical (unpaired) electrons. The van der Waals surface area contributed by atoms with Gasteiger partial charge < -0.3 is 10.2 Å². The third-order valence-electron chi connectivity index (χ3n) is 2.22. The van der Waals surface area contributed by atoms with Crippen LogP contribution in [0.1, 0.15) is 10.4 Å². The molecule has 1 aromatic rings. The molecule has 88 valence electrons. The smallest absolute Gasteiger partial charge is 0.257 e. The van der Waals surface area contributed by atoms with Gasteiger partial charge in [-0.1, -0.05) is 6.07 Å². The van der Waals surface area contributed by atoms with Crippen LogP contribution < -0.4 is 5.32 Å². The van der Waals surface area contributed by atoms with E-state index >= 15 is 0 Å². The molecule has 0 aliphatic carbocycles. The molecule has 0 fully saturated rings. The predicted octanol–water partition coefficient (Wildman–Crippen LogP) is 1.72. The summed E-state index contributed by atoms with van der Waals surface area (Å²) in [5.74, 6) is -0.744. The Morgan fingerprint density at radius 3 is 2.81 bits per heavy atom. The lowest BCUT2D eigenvalue weighted by Crippen LogP contribution is -2.33. The van der Waals surface area contributed by atoms with Crippen molar-refractivity contribution in [1.29, 1.82) is 0 Å². The highest BCUT2D eigenvalue weighted by molar-refractivity contribution is 14.1. The Hall–Kier alpha value is -0.690. The molecule has 0 unspecified atom stereocenters. The van der Waals surface area contributed by atoms with E-state index in [0.717, 1.165) is 0 Å². The van der Waals surface area contributed by atoms with Crippen LogP contribution in [0.25, 0.3) is 0 Å². The summed E-state index contributed by atoms with van der Waals surface area (Å²) < 4.78 is 14.2. The number of carbonyl (C=O) groups is 1. The van der Waals surface area contributed by atoms with E-state index in [2.05, 4.69) is 5.32 Å². The van der Waals surface area contributed by atoms with Gasteiger partial charge in [0.15, 0.2) is 0 Å². The molecule has 0 saturated heterocycles. The largest absolute Gasteiger partial charge is 0.340 e. The zero-order valence-corrected chi connectivity index (χ0v) is 11.4. The molecule has 0 aliphatic heterocycles. The number of likely N-dealkylation sites (N-methyl/N-ethyl adjacent to an activating group) is 2. The van der Waals surface area contributed by atoms with E-state index < -0.39 is 5.82 Å². The number of amides is 1. The number of benzene rings is 1. The van der Waals surface area contributed by atoms with Gasteiger partial charge in [0.05, 0.1) is 5.56 Å². The molecule has 0 spiro atoms. The van der Waals surface area contributed by atoms with Gasteiger partial charge in [0.25, 0.3) is 5.91 Å². The van der Waals surface area contributed by atoms with Gasteiger partial charge in [-0.3, -0.25) is 4.79 Å². The molecule has 0 heterocycles. The molecule has 1 N–H and O–H groups in total. The number of carbonyl (C=O) groups excluding carboxylic acids is 1. The summed E-state index contributed by atoms with van der Waals surface area (Å²) in [4.78, 5) is 13.5. The first-order valence-electron chi connectivity index (χ1n) is 4.92. The number of nitrogens with zero attached hydrogens (tertiary/aromatic N) is 1. The van der Waals surface area contributed by atoms with E-state index in [1.165, 1.54) is 11.0 Å². The number of rotatable bonds is 4. The standard InChI is InChI=1S/C11H14FIN2O/c1-14-6-7-15(2)11(16)10-8(12)4-3-5-9(10)13/h3-5,14H,6-7H2,1-2H3. The molecular formula is C11H14FIN2O. The highest BCUT2D eigenvalue weighted by Gasteiger charge is 2.18. The van der Waals surface area contributed by atoms with Crippen LogP contribution in [-0.4, -0.2) is 38.0 Å². The molecule has 0 atom stereocenters. The van der Waals surface area contributed by atoms with Crippen molar-refractivity contribution in [3.63, 3.8) is 0 Å². The Balaban J connectivity index is 2.87. The molecule has 0 bridgehead atoms. The second-order valence-corrected chi connectivity index (χ2v) is 4.59. The van der Waals surface area contributed by atoms with Gasteiger partial charge in [-0.25, -0.2) is 4.39 Å². The molecule has 16 heavy (non-hydrogen) atoms. The third kappa shape index (κ3) is 3.15. The monoisotopic (exact) mass is 336 g/mol. The summed E-state index contributed by atoms with van der Waals surface area (Å²) in [6.45, 7) is 1.24. The molecule has 1 aromatic carbocycles. The van der Waals surface area contributed by atoms with E-state index in [1.54, 1.807) is 19.2 Å². The van der Waals surface area contributed by atoms with Gasteiger partial charge in [-0.2, -0.15) is 0 Å². The van der Waals surface area contributed by atoms with Crippen LogP contribution in [0.4, 0.5) is 4.39 Å². The summed E-state index contributed by atoms with van der Waals surface area (Å²) in [6, 6.07) is 4.63. The zero-order chi connectivity index (χ0) is 12.1. The predicted molar refractivity (Wildman–Crippen MR) is 70.0 cm³/mol. The minimum Gasteiger partial charge on any atom is -0.340 e. The van der Waals surface area contributed by atoms with Crippen molar-refractivity contribution in [2.75, 3.05) is 27.2 Å². The molecule has 0 saturated carbocycles. The average molecular weight is 336 g/mol. The second kappa shape index (κ2) is 6.15. The number of hydrogen-bond donors (Lipinski definition) is 1. The first-order chi connectivity index (χ1) is 7.57. The quantitative estimate of drug-likeness (QED) is 0.850. The van der Waals surface area contributed by atoms with Crippen molar-refractivity contribution in [2.24, 2.45) is 0 Å². The van der Waals surface area contributed by atoms with E-state index in [0.29, 0.717) is 16.7 Å². The van der Waals surface area contributed by atoms with Crippen molar-refractivity contribution in [3.8, 4) is 0 Å². The third-order valence-corrected chi connectivity index (χ3v) is 3.12. The van der Waals surface area contributed by atoms with Gasteiger partial charge in [0.2, 0.25) is 0 Å². The minimum absolute atomic E-state index is 0.154. The van der Waals surface area contributed by atoms with Crippen LogP contribution >= 0.6 is 22.6 Å². The Kier molecular flexibility index (Phi) is 5.14. The number of halogens is 2. The van der Waals surface area contributed by atoms with E-state index in [-0.39, 0.29) is 11.5 Å².